The van der Waals surface area contributed by atoms with Crippen molar-refractivity contribution in [3.8, 4) is 17.0 Å². The molecule has 0 aliphatic heterocycles. The lowest BCUT2D eigenvalue weighted by atomic mass is 10.2. The summed E-state index contributed by atoms with van der Waals surface area (Å²) in [7, 11) is 1.59. The largest absolute Gasteiger partial charge is 0.495 e. The Morgan fingerprint density at radius 3 is 2.79 bits per heavy atom. The van der Waals surface area contributed by atoms with Gasteiger partial charge >= 0.3 is 0 Å². The number of halogens is 1. The van der Waals surface area contributed by atoms with E-state index in [-0.39, 0.29) is 0 Å². The van der Waals surface area contributed by atoms with E-state index in [9.17, 15) is 0 Å². The standard InChI is InChI=1S/C13H14ClN3O2/c1-3-19-8-13-16-11(5-12(14)17-13)9-4-10(18-2)7-15-6-9/h4-7H,3,8H2,1-2H3. The predicted octanol–water partition coefficient (Wildman–Crippen LogP) is 2.74. The summed E-state index contributed by atoms with van der Waals surface area (Å²) in [5.41, 5.74) is 1.52. The highest BCUT2D eigenvalue weighted by molar-refractivity contribution is 6.29. The van der Waals surface area contributed by atoms with Gasteiger partial charge in [0.05, 0.1) is 19.0 Å². The van der Waals surface area contributed by atoms with Gasteiger partial charge in [-0.3, -0.25) is 4.98 Å². The summed E-state index contributed by atoms with van der Waals surface area (Å²) in [6.45, 7) is 2.85. The third-order valence-corrected chi connectivity index (χ3v) is 2.61. The van der Waals surface area contributed by atoms with Crippen LogP contribution in [-0.2, 0) is 11.3 Å². The molecule has 0 aliphatic carbocycles. The Balaban J connectivity index is 2.34. The zero-order chi connectivity index (χ0) is 13.7. The lowest BCUT2D eigenvalue weighted by Crippen LogP contribution is -2.01. The molecule has 0 spiro atoms. The minimum Gasteiger partial charge on any atom is -0.495 e. The Bertz CT molecular complexity index is 563. The SMILES string of the molecule is CCOCc1nc(Cl)cc(-c2cncc(OC)c2)n1. The number of nitrogens with zero attached hydrogens (tertiary/aromatic N) is 3. The van der Waals surface area contributed by atoms with Crippen LogP contribution in [0.4, 0.5) is 0 Å². The van der Waals surface area contributed by atoms with Crippen LogP contribution in [0.3, 0.4) is 0 Å². The molecule has 6 heteroatoms. The molecule has 2 aromatic heterocycles. The van der Waals surface area contributed by atoms with Crippen LogP contribution >= 0.6 is 11.6 Å². The maximum atomic E-state index is 5.99. The Morgan fingerprint density at radius 1 is 1.21 bits per heavy atom. The molecule has 0 unspecified atom stereocenters. The molecule has 0 aromatic carbocycles. The smallest absolute Gasteiger partial charge is 0.156 e. The van der Waals surface area contributed by atoms with Crippen LogP contribution in [0.2, 0.25) is 5.15 Å². The highest BCUT2D eigenvalue weighted by atomic mass is 35.5. The van der Waals surface area contributed by atoms with Crippen molar-refractivity contribution in [2.45, 2.75) is 13.5 Å². The van der Waals surface area contributed by atoms with Crippen LogP contribution in [0.1, 0.15) is 12.7 Å². The lowest BCUT2D eigenvalue weighted by Gasteiger charge is -2.06. The second-order valence-electron chi connectivity index (χ2n) is 3.74. The van der Waals surface area contributed by atoms with E-state index in [0.717, 1.165) is 5.56 Å². The molecule has 0 N–H and O–H groups in total. The van der Waals surface area contributed by atoms with Gasteiger partial charge in [-0.25, -0.2) is 9.97 Å². The fourth-order valence-corrected chi connectivity index (χ4v) is 1.74. The average Bonchev–Trinajstić information content (AvgIpc) is 2.44. The van der Waals surface area contributed by atoms with Gasteiger partial charge in [-0.1, -0.05) is 11.6 Å². The molecule has 0 amide bonds. The molecular formula is C13H14ClN3O2. The van der Waals surface area contributed by atoms with Gasteiger partial charge in [-0.15, -0.1) is 0 Å². The number of methoxy groups -OCH3 is 1. The number of rotatable bonds is 5. The summed E-state index contributed by atoms with van der Waals surface area (Å²) in [6.07, 6.45) is 3.33. The molecule has 0 bridgehead atoms. The summed E-state index contributed by atoms with van der Waals surface area (Å²) in [4.78, 5) is 12.6. The fourth-order valence-electron chi connectivity index (χ4n) is 1.54. The lowest BCUT2D eigenvalue weighted by molar-refractivity contribution is 0.128. The van der Waals surface area contributed by atoms with E-state index in [2.05, 4.69) is 15.0 Å². The van der Waals surface area contributed by atoms with Crippen LogP contribution < -0.4 is 4.74 Å². The van der Waals surface area contributed by atoms with Gasteiger partial charge in [0.1, 0.15) is 17.5 Å². The number of pyridine rings is 1. The number of aromatic nitrogens is 3. The van der Waals surface area contributed by atoms with Crippen molar-refractivity contribution in [1.29, 1.82) is 0 Å². The van der Waals surface area contributed by atoms with E-state index >= 15 is 0 Å². The van der Waals surface area contributed by atoms with Crippen molar-refractivity contribution in [2.75, 3.05) is 13.7 Å². The average molecular weight is 280 g/mol. The van der Waals surface area contributed by atoms with E-state index in [1.54, 1.807) is 25.6 Å². The first-order valence-electron chi connectivity index (χ1n) is 5.83. The number of hydrogen-bond donors (Lipinski definition) is 0. The second kappa shape index (κ2) is 6.45. The Morgan fingerprint density at radius 2 is 2.05 bits per heavy atom. The minimum atomic E-state index is 0.335. The third-order valence-electron chi connectivity index (χ3n) is 2.42. The zero-order valence-electron chi connectivity index (χ0n) is 10.8. The van der Waals surface area contributed by atoms with Crippen molar-refractivity contribution in [2.24, 2.45) is 0 Å². The van der Waals surface area contributed by atoms with E-state index in [0.29, 0.717) is 35.6 Å². The van der Waals surface area contributed by atoms with Crippen molar-refractivity contribution in [1.82, 2.24) is 15.0 Å². The first kappa shape index (κ1) is 13.7. The van der Waals surface area contributed by atoms with Crippen LogP contribution in [0, 0.1) is 0 Å². The van der Waals surface area contributed by atoms with Gasteiger partial charge in [0.15, 0.2) is 5.82 Å². The molecule has 19 heavy (non-hydrogen) atoms. The molecule has 2 rings (SSSR count). The number of hydrogen-bond acceptors (Lipinski definition) is 5. The van der Waals surface area contributed by atoms with Gasteiger partial charge in [-0.05, 0) is 13.0 Å². The van der Waals surface area contributed by atoms with E-state index in [4.69, 9.17) is 21.1 Å². The van der Waals surface area contributed by atoms with Gasteiger partial charge in [0.25, 0.3) is 0 Å². The van der Waals surface area contributed by atoms with Gasteiger partial charge in [0, 0.05) is 24.4 Å². The Labute approximate surface area is 116 Å². The molecule has 100 valence electrons. The zero-order valence-corrected chi connectivity index (χ0v) is 11.5. The molecule has 0 aliphatic rings. The topological polar surface area (TPSA) is 57.1 Å². The molecule has 0 atom stereocenters. The molecule has 5 nitrogen and oxygen atoms in total. The quantitative estimate of drug-likeness (QED) is 0.788. The summed E-state index contributed by atoms with van der Waals surface area (Å²) in [5.74, 6) is 1.21. The van der Waals surface area contributed by atoms with Crippen LogP contribution in [0.25, 0.3) is 11.3 Å². The maximum Gasteiger partial charge on any atom is 0.156 e. The Kier molecular flexibility index (Phi) is 4.65. The van der Waals surface area contributed by atoms with Gasteiger partial charge in [-0.2, -0.15) is 0 Å². The summed E-state index contributed by atoms with van der Waals surface area (Å²) in [6, 6.07) is 3.53. The minimum absolute atomic E-state index is 0.335. The second-order valence-corrected chi connectivity index (χ2v) is 4.13. The molecule has 2 heterocycles. The first-order chi connectivity index (χ1) is 9.22. The van der Waals surface area contributed by atoms with Crippen molar-refractivity contribution in [3.05, 3.63) is 35.5 Å². The van der Waals surface area contributed by atoms with Crippen LogP contribution in [0.5, 0.6) is 5.75 Å². The van der Waals surface area contributed by atoms with Crippen LogP contribution in [-0.4, -0.2) is 28.7 Å². The molecule has 0 saturated heterocycles. The van der Waals surface area contributed by atoms with Crippen LogP contribution in [0.15, 0.2) is 24.5 Å². The van der Waals surface area contributed by atoms with E-state index in [1.165, 1.54) is 0 Å². The van der Waals surface area contributed by atoms with Crippen molar-refractivity contribution >= 4 is 11.6 Å². The molecule has 2 aromatic rings. The van der Waals surface area contributed by atoms with E-state index in [1.807, 2.05) is 13.0 Å². The molecular weight excluding hydrogens is 266 g/mol. The summed E-state index contributed by atoms with van der Waals surface area (Å²) in [5, 5.41) is 0.377. The molecule has 0 fully saturated rings. The van der Waals surface area contributed by atoms with Gasteiger partial charge in [0.2, 0.25) is 0 Å². The normalized spacial score (nSPS) is 10.5. The predicted molar refractivity (Wildman–Crippen MR) is 72.2 cm³/mol. The highest BCUT2D eigenvalue weighted by Gasteiger charge is 2.07. The van der Waals surface area contributed by atoms with Gasteiger partial charge < -0.3 is 9.47 Å². The van der Waals surface area contributed by atoms with Crippen molar-refractivity contribution in [3.63, 3.8) is 0 Å². The van der Waals surface area contributed by atoms with E-state index < -0.39 is 0 Å². The first-order valence-corrected chi connectivity index (χ1v) is 6.21. The Hall–Kier alpha value is -1.72. The summed E-state index contributed by atoms with van der Waals surface area (Å²) >= 11 is 5.99. The highest BCUT2D eigenvalue weighted by Crippen LogP contribution is 2.22. The number of ether oxygens (including phenoxy) is 2. The molecule has 0 radical (unpaired) electrons. The molecule has 0 saturated carbocycles. The monoisotopic (exact) mass is 279 g/mol. The fraction of sp³-hybridized carbons (Fsp3) is 0.308. The van der Waals surface area contributed by atoms with Crippen molar-refractivity contribution < 1.29 is 9.47 Å². The third kappa shape index (κ3) is 3.62. The summed E-state index contributed by atoms with van der Waals surface area (Å²) < 4.78 is 10.4. The maximum absolute atomic E-state index is 5.99.